The Balaban J connectivity index is 1.74. The molecule has 5 heteroatoms. The molecule has 2 aromatic carbocycles. The fraction of sp³-hybridized carbons (Fsp3) is 0.316. The van der Waals surface area contributed by atoms with Crippen LogP contribution in [0.3, 0.4) is 0 Å². The van der Waals surface area contributed by atoms with Gasteiger partial charge >= 0.3 is 0 Å². The van der Waals surface area contributed by atoms with Crippen molar-refractivity contribution in [3.05, 3.63) is 63.1 Å². The van der Waals surface area contributed by atoms with Crippen LogP contribution in [-0.4, -0.2) is 13.0 Å². The summed E-state index contributed by atoms with van der Waals surface area (Å²) in [5.74, 6) is -0.0476. The topological polar surface area (TPSA) is 41.1 Å². The number of nitrogens with one attached hydrogen (secondary N) is 2. The second-order valence-electron chi connectivity index (χ2n) is 6.69. The van der Waals surface area contributed by atoms with E-state index in [1.165, 1.54) is 5.56 Å². The van der Waals surface area contributed by atoms with Gasteiger partial charge in [-0.3, -0.25) is 4.79 Å². The number of anilines is 1. The van der Waals surface area contributed by atoms with Crippen molar-refractivity contribution in [1.29, 1.82) is 0 Å². The third-order valence-electron chi connectivity index (χ3n) is 5.19. The molecule has 0 saturated heterocycles. The van der Waals surface area contributed by atoms with E-state index in [-0.39, 0.29) is 17.4 Å². The minimum absolute atomic E-state index is 0.0476. The van der Waals surface area contributed by atoms with Crippen LogP contribution in [0.2, 0.25) is 10.0 Å². The maximum absolute atomic E-state index is 11.9. The zero-order chi connectivity index (χ0) is 16.9. The van der Waals surface area contributed by atoms with Crippen LogP contribution >= 0.6 is 23.2 Å². The average Bonchev–Trinajstić information content (AvgIpc) is 3.36. The van der Waals surface area contributed by atoms with Crippen LogP contribution in [0.15, 0.2) is 36.4 Å². The van der Waals surface area contributed by atoms with Crippen molar-refractivity contribution in [2.75, 3.05) is 12.4 Å². The summed E-state index contributed by atoms with van der Waals surface area (Å²) < 4.78 is 0. The Labute approximate surface area is 151 Å². The summed E-state index contributed by atoms with van der Waals surface area (Å²) in [6.45, 7) is 0. The van der Waals surface area contributed by atoms with Gasteiger partial charge in [0, 0.05) is 28.3 Å². The van der Waals surface area contributed by atoms with Gasteiger partial charge in [0.05, 0.1) is 6.04 Å². The molecule has 1 spiro atoms. The Morgan fingerprint density at radius 2 is 2.00 bits per heavy atom. The van der Waals surface area contributed by atoms with Crippen LogP contribution < -0.4 is 10.6 Å². The van der Waals surface area contributed by atoms with E-state index in [1.807, 2.05) is 36.4 Å². The van der Waals surface area contributed by atoms with Gasteiger partial charge in [0.15, 0.2) is 0 Å². The molecule has 1 atom stereocenters. The maximum Gasteiger partial charge on any atom is 0.251 e. The van der Waals surface area contributed by atoms with Gasteiger partial charge in [-0.2, -0.15) is 0 Å². The zero-order valence-corrected chi connectivity index (χ0v) is 14.8. The molecular weight excluding hydrogens is 343 g/mol. The molecule has 2 N–H and O–H groups in total. The van der Waals surface area contributed by atoms with E-state index in [4.69, 9.17) is 23.2 Å². The molecule has 0 radical (unpaired) electrons. The zero-order valence-electron chi connectivity index (χ0n) is 13.3. The second kappa shape index (κ2) is 5.68. The fourth-order valence-electron chi connectivity index (χ4n) is 3.73. The summed E-state index contributed by atoms with van der Waals surface area (Å²) in [6.07, 6.45) is 3.26. The normalized spacial score (nSPS) is 20.2. The second-order valence-corrected chi connectivity index (χ2v) is 7.53. The summed E-state index contributed by atoms with van der Waals surface area (Å²) in [6, 6.07) is 11.6. The lowest BCUT2D eigenvalue weighted by Gasteiger charge is -2.34. The molecule has 1 fully saturated rings. The van der Waals surface area contributed by atoms with E-state index in [1.54, 1.807) is 7.05 Å². The molecule has 0 aromatic heterocycles. The number of carbonyl (C=O) groups excluding carboxylic acids is 1. The molecule has 1 aliphatic heterocycles. The van der Waals surface area contributed by atoms with Crippen LogP contribution in [0.5, 0.6) is 0 Å². The van der Waals surface area contributed by atoms with E-state index in [2.05, 4.69) is 10.6 Å². The number of rotatable bonds is 2. The SMILES string of the molecule is CNC(=O)c1ccc2c(c1)C1(CC1)CC(c1cc(Cl)ccc1Cl)N2. The molecule has 2 aliphatic rings. The summed E-state index contributed by atoms with van der Waals surface area (Å²) in [4.78, 5) is 11.9. The molecule has 24 heavy (non-hydrogen) atoms. The quantitative estimate of drug-likeness (QED) is 0.795. The summed E-state index contributed by atoms with van der Waals surface area (Å²) in [7, 11) is 1.66. The number of halogens is 2. The molecule has 1 heterocycles. The molecule has 1 saturated carbocycles. The first-order valence-electron chi connectivity index (χ1n) is 8.10. The third kappa shape index (κ3) is 2.56. The van der Waals surface area contributed by atoms with Gasteiger partial charge in [-0.25, -0.2) is 0 Å². The molecule has 1 aliphatic carbocycles. The molecule has 124 valence electrons. The lowest BCUT2D eigenvalue weighted by Crippen LogP contribution is -2.27. The number of hydrogen-bond donors (Lipinski definition) is 2. The monoisotopic (exact) mass is 360 g/mol. The minimum atomic E-state index is -0.0476. The van der Waals surface area contributed by atoms with Gasteiger partial charge in [-0.15, -0.1) is 0 Å². The van der Waals surface area contributed by atoms with Crippen molar-refractivity contribution in [2.45, 2.75) is 30.7 Å². The van der Waals surface area contributed by atoms with Crippen molar-refractivity contribution >= 4 is 34.8 Å². The van der Waals surface area contributed by atoms with E-state index in [0.29, 0.717) is 10.6 Å². The smallest absolute Gasteiger partial charge is 0.251 e. The van der Waals surface area contributed by atoms with E-state index in [0.717, 1.165) is 35.5 Å². The molecule has 2 aromatic rings. The molecule has 3 nitrogen and oxygen atoms in total. The van der Waals surface area contributed by atoms with Crippen molar-refractivity contribution in [2.24, 2.45) is 0 Å². The highest BCUT2D eigenvalue weighted by atomic mass is 35.5. The van der Waals surface area contributed by atoms with Gasteiger partial charge in [0.2, 0.25) is 0 Å². The number of amides is 1. The van der Waals surface area contributed by atoms with Gasteiger partial charge in [0.1, 0.15) is 0 Å². The fourth-order valence-corrected chi connectivity index (χ4v) is 4.16. The number of hydrogen-bond acceptors (Lipinski definition) is 2. The molecule has 1 amide bonds. The van der Waals surface area contributed by atoms with Gasteiger partial charge in [-0.1, -0.05) is 23.2 Å². The van der Waals surface area contributed by atoms with Crippen LogP contribution in [-0.2, 0) is 5.41 Å². The van der Waals surface area contributed by atoms with Crippen LogP contribution in [0.1, 0.15) is 46.8 Å². The maximum atomic E-state index is 11.9. The standard InChI is InChI=1S/C19H18Cl2N2O/c1-22-18(24)11-2-5-16-14(8-11)19(6-7-19)10-17(23-16)13-9-12(20)3-4-15(13)21/h2-5,8-9,17,23H,6-7,10H2,1H3,(H,22,24). The van der Waals surface area contributed by atoms with E-state index in [9.17, 15) is 4.79 Å². The first-order valence-corrected chi connectivity index (χ1v) is 8.86. The summed E-state index contributed by atoms with van der Waals surface area (Å²) in [5.41, 5.74) is 4.24. The Kier molecular flexibility index (Phi) is 3.74. The van der Waals surface area contributed by atoms with Gasteiger partial charge in [0.25, 0.3) is 5.91 Å². The van der Waals surface area contributed by atoms with Crippen molar-refractivity contribution in [3.8, 4) is 0 Å². The Morgan fingerprint density at radius 1 is 1.21 bits per heavy atom. The number of benzene rings is 2. The highest BCUT2D eigenvalue weighted by Crippen LogP contribution is 2.59. The van der Waals surface area contributed by atoms with Crippen LogP contribution in [0.4, 0.5) is 5.69 Å². The predicted molar refractivity (Wildman–Crippen MR) is 98.2 cm³/mol. The number of fused-ring (bicyclic) bond motifs is 2. The summed E-state index contributed by atoms with van der Waals surface area (Å²) >= 11 is 12.6. The lowest BCUT2D eigenvalue weighted by molar-refractivity contribution is 0.0963. The largest absolute Gasteiger partial charge is 0.378 e. The molecule has 1 unspecified atom stereocenters. The van der Waals surface area contributed by atoms with Crippen LogP contribution in [0.25, 0.3) is 0 Å². The Morgan fingerprint density at radius 3 is 2.71 bits per heavy atom. The third-order valence-corrected chi connectivity index (χ3v) is 5.77. The molecule has 4 rings (SSSR count). The van der Waals surface area contributed by atoms with E-state index >= 15 is 0 Å². The highest BCUT2D eigenvalue weighted by molar-refractivity contribution is 6.33. The average molecular weight is 361 g/mol. The highest BCUT2D eigenvalue weighted by Gasteiger charge is 2.50. The van der Waals surface area contributed by atoms with E-state index < -0.39 is 0 Å². The van der Waals surface area contributed by atoms with Crippen molar-refractivity contribution in [3.63, 3.8) is 0 Å². The predicted octanol–water partition coefficient (Wildman–Crippen LogP) is 4.94. The Hall–Kier alpha value is -1.71. The van der Waals surface area contributed by atoms with Crippen molar-refractivity contribution < 1.29 is 4.79 Å². The van der Waals surface area contributed by atoms with Crippen molar-refractivity contribution in [1.82, 2.24) is 5.32 Å². The lowest BCUT2D eigenvalue weighted by atomic mass is 9.81. The molecular formula is C19H18Cl2N2O. The van der Waals surface area contributed by atoms with Crippen LogP contribution in [0, 0.1) is 0 Å². The first kappa shape index (κ1) is 15.8. The van der Waals surface area contributed by atoms with Gasteiger partial charge < -0.3 is 10.6 Å². The first-order chi connectivity index (χ1) is 11.5. The molecule has 0 bridgehead atoms. The summed E-state index contributed by atoms with van der Waals surface area (Å²) in [5, 5.41) is 7.71. The Bertz CT molecular complexity index is 830. The number of carbonyl (C=O) groups is 1. The van der Waals surface area contributed by atoms with Gasteiger partial charge in [-0.05, 0) is 72.2 Å². The minimum Gasteiger partial charge on any atom is -0.378 e.